The summed E-state index contributed by atoms with van der Waals surface area (Å²) in [5, 5.41) is 22.1. The molecule has 1 aliphatic rings. The average Bonchev–Trinajstić information content (AvgIpc) is 2.73. The molecule has 0 aromatic carbocycles. The number of amides is 1. The molecule has 1 aromatic heterocycles. The van der Waals surface area contributed by atoms with Gasteiger partial charge in [0.25, 0.3) is 0 Å². The topological polar surface area (TPSA) is 78.6 Å². The minimum atomic E-state index is -0.602. The molecule has 2 rings (SSSR count). The van der Waals surface area contributed by atoms with E-state index in [4.69, 9.17) is 5.11 Å². The van der Waals surface area contributed by atoms with Crippen molar-refractivity contribution in [1.29, 1.82) is 0 Å². The van der Waals surface area contributed by atoms with Gasteiger partial charge in [0, 0.05) is 6.07 Å². The summed E-state index contributed by atoms with van der Waals surface area (Å²) in [6.45, 7) is 0.622. The van der Waals surface area contributed by atoms with E-state index in [0.29, 0.717) is 18.9 Å². The van der Waals surface area contributed by atoms with Gasteiger partial charge in [0.1, 0.15) is 5.82 Å². The summed E-state index contributed by atoms with van der Waals surface area (Å²) >= 11 is 0. The molecule has 0 aliphatic carbocycles. The Labute approximate surface area is 86.7 Å². The quantitative estimate of drug-likeness (QED) is 0.670. The second-order valence-corrected chi connectivity index (χ2v) is 3.50. The van der Waals surface area contributed by atoms with Crippen LogP contribution in [-0.2, 0) is 11.3 Å². The third-order valence-corrected chi connectivity index (χ3v) is 2.39. The Morgan fingerprint density at radius 1 is 1.60 bits per heavy atom. The first kappa shape index (κ1) is 10.1. The van der Waals surface area contributed by atoms with Gasteiger partial charge in [0.15, 0.2) is 0 Å². The van der Waals surface area contributed by atoms with Crippen LogP contribution in [0.1, 0.15) is 6.42 Å². The smallest absolute Gasteiger partial charge is 0.230 e. The zero-order chi connectivity index (χ0) is 10.8. The van der Waals surface area contributed by atoms with E-state index in [-0.39, 0.29) is 18.9 Å². The first-order valence-electron chi connectivity index (χ1n) is 4.83. The lowest BCUT2D eigenvalue weighted by atomic mass is 10.3. The van der Waals surface area contributed by atoms with Gasteiger partial charge in [-0.2, -0.15) is 5.10 Å². The highest BCUT2D eigenvalue weighted by molar-refractivity contribution is 5.95. The number of rotatable bonds is 3. The van der Waals surface area contributed by atoms with Crippen LogP contribution in [0.5, 0.6) is 0 Å². The van der Waals surface area contributed by atoms with Crippen LogP contribution in [0.15, 0.2) is 12.3 Å². The monoisotopic (exact) mass is 211 g/mol. The minimum absolute atomic E-state index is 0.0285. The molecule has 6 heteroatoms. The summed E-state index contributed by atoms with van der Waals surface area (Å²) < 4.78 is 1.55. The number of aliphatic hydroxyl groups excluding tert-OH is 2. The van der Waals surface area contributed by atoms with Crippen LogP contribution in [0.4, 0.5) is 5.82 Å². The predicted molar refractivity (Wildman–Crippen MR) is 52.3 cm³/mol. The molecule has 1 amide bonds. The first-order valence-corrected chi connectivity index (χ1v) is 4.83. The Bertz CT molecular complexity index is 363. The van der Waals surface area contributed by atoms with Crippen molar-refractivity contribution < 1.29 is 15.0 Å². The Kier molecular flexibility index (Phi) is 2.70. The van der Waals surface area contributed by atoms with Gasteiger partial charge < -0.3 is 10.2 Å². The second-order valence-electron chi connectivity index (χ2n) is 3.50. The zero-order valence-electron chi connectivity index (χ0n) is 8.20. The minimum Gasteiger partial charge on any atom is -0.394 e. The van der Waals surface area contributed by atoms with Crippen LogP contribution in [0.25, 0.3) is 0 Å². The summed E-state index contributed by atoms with van der Waals surface area (Å²) in [7, 11) is 0. The number of hydrogen-bond acceptors (Lipinski definition) is 4. The van der Waals surface area contributed by atoms with Crippen molar-refractivity contribution in [3.05, 3.63) is 12.3 Å². The SMILES string of the molecule is O=C1CC(O)CN1c1ccnn1CCO. The maximum absolute atomic E-state index is 11.5. The van der Waals surface area contributed by atoms with Crippen molar-refractivity contribution in [3.8, 4) is 0 Å². The molecule has 82 valence electrons. The molecule has 1 unspecified atom stereocenters. The Morgan fingerprint density at radius 3 is 3.00 bits per heavy atom. The van der Waals surface area contributed by atoms with E-state index in [1.54, 1.807) is 16.9 Å². The molecule has 0 radical (unpaired) electrons. The molecule has 1 fully saturated rings. The van der Waals surface area contributed by atoms with Gasteiger partial charge in [0.05, 0.1) is 38.4 Å². The predicted octanol–water partition coefficient (Wildman–Crippen LogP) is -1.03. The summed E-state index contributed by atoms with van der Waals surface area (Å²) in [4.78, 5) is 13.0. The Balaban J connectivity index is 2.21. The number of nitrogens with zero attached hydrogens (tertiary/aromatic N) is 3. The third-order valence-electron chi connectivity index (χ3n) is 2.39. The number of hydrogen-bond donors (Lipinski definition) is 2. The van der Waals surface area contributed by atoms with E-state index >= 15 is 0 Å². The van der Waals surface area contributed by atoms with Crippen molar-refractivity contribution in [2.24, 2.45) is 0 Å². The van der Waals surface area contributed by atoms with Crippen LogP contribution in [-0.4, -0.2) is 45.2 Å². The Morgan fingerprint density at radius 2 is 2.40 bits per heavy atom. The number of anilines is 1. The van der Waals surface area contributed by atoms with Crippen molar-refractivity contribution in [2.75, 3.05) is 18.1 Å². The molecule has 1 aliphatic heterocycles. The fourth-order valence-corrected chi connectivity index (χ4v) is 1.73. The Hall–Kier alpha value is -1.40. The van der Waals surface area contributed by atoms with Gasteiger partial charge in [-0.3, -0.25) is 9.69 Å². The highest BCUT2D eigenvalue weighted by Crippen LogP contribution is 2.20. The lowest BCUT2D eigenvalue weighted by Crippen LogP contribution is -2.28. The van der Waals surface area contributed by atoms with Gasteiger partial charge in [-0.1, -0.05) is 0 Å². The van der Waals surface area contributed by atoms with Crippen molar-refractivity contribution >= 4 is 11.7 Å². The molecule has 6 nitrogen and oxygen atoms in total. The van der Waals surface area contributed by atoms with Gasteiger partial charge >= 0.3 is 0 Å². The van der Waals surface area contributed by atoms with Crippen molar-refractivity contribution in [1.82, 2.24) is 9.78 Å². The zero-order valence-corrected chi connectivity index (χ0v) is 8.20. The van der Waals surface area contributed by atoms with Gasteiger partial charge in [-0.25, -0.2) is 4.68 Å². The number of carbonyl (C=O) groups is 1. The summed E-state index contributed by atoms with van der Waals surface area (Å²) in [6.07, 6.45) is 1.13. The third kappa shape index (κ3) is 1.86. The van der Waals surface area contributed by atoms with Crippen LogP contribution in [0.3, 0.4) is 0 Å². The van der Waals surface area contributed by atoms with Crippen LogP contribution in [0, 0.1) is 0 Å². The molecule has 2 N–H and O–H groups in total. The molecule has 2 heterocycles. The fraction of sp³-hybridized carbons (Fsp3) is 0.556. The van der Waals surface area contributed by atoms with Crippen LogP contribution in [0.2, 0.25) is 0 Å². The lowest BCUT2D eigenvalue weighted by molar-refractivity contribution is -0.117. The number of aliphatic hydroxyl groups is 2. The molecule has 15 heavy (non-hydrogen) atoms. The highest BCUT2D eigenvalue weighted by atomic mass is 16.3. The van der Waals surface area contributed by atoms with E-state index in [1.165, 1.54) is 4.90 Å². The summed E-state index contributed by atoms with van der Waals surface area (Å²) in [5.41, 5.74) is 0. The summed E-state index contributed by atoms with van der Waals surface area (Å²) in [6, 6.07) is 1.70. The molecule has 1 atom stereocenters. The van der Waals surface area contributed by atoms with Crippen molar-refractivity contribution in [3.63, 3.8) is 0 Å². The van der Waals surface area contributed by atoms with E-state index < -0.39 is 6.10 Å². The maximum atomic E-state index is 11.5. The second kappa shape index (κ2) is 4.00. The normalized spacial score (nSPS) is 21.3. The van der Waals surface area contributed by atoms with Crippen LogP contribution < -0.4 is 4.90 Å². The van der Waals surface area contributed by atoms with E-state index in [0.717, 1.165) is 0 Å². The van der Waals surface area contributed by atoms with Gasteiger partial charge in [-0.15, -0.1) is 0 Å². The number of carbonyl (C=O) groups excluding carboxylic acids is 1. The van der Waals surface area contributed by atoms with Crippen LogP contribution >= 0.6 is 0 Å². The molecule has 0 bridgehead atoms. The molecular weight excluding hydrogens is 198 g/mol. The highest BCUT2D eigenvalue weighted by Gasteiger charge is 2.30. The average molecular weight is 211 g/mol. The fourth-order valence-electron chi connectivity index (χ4n) is 1.73. The van der Waals surface area contributed by atoms with Gasteiger partial charge in [0.2, 0.25) is 5.91 Å². The first-order chi connectivity index (χ1) is 7.22. The molecule has 1 aromatic rings. The maximum Gasteiger partial charge on any atom is 0.230 e. The largest absolute Gasteiger partial charge is 0.394 e. The molecule has 0 spiro atoms. The van der Waals surface area contributed by atoms with Crippen molar-refractivity contribution in [2.45, 2.75) is 19.1 Å². The standard InChI is InChI=1S/C9H13N3O3/c13-4-3-12-8(1-2-10-12)11-6-7(14)5-9(11)15/h1-2,7,13-14H,3-6H2. The van der Waals surface area contributed by atoms with E-state index in [2.05, 4.69) is 5.10 Å². The van der Waals surface area contributed by atoms with Gasteiger partial charge in [-0.05, 0) is 0 Å². The van der Waals surface area contributed by atoms with E-state index in [1.807, 2.05) is 0 Å². The number of aromatic nitrogens is 2. The molecule has 1 saturated heterocycles. The number of β-amino-alcohol motifs (C(OH)–C–C–N with tert-alkyl or cyclic N) is 1. The molecular formula is C9H13N3O3. The van der Waals surface area contributed by atoms with E-state index in [9.17, 15) is 9.90 Å². The lowest BCUT2D eigenvalue weighted by Gasteiger charge is -2.16. The molecule has 0 saturated carbocycles. The summed E-state index contributed by atoms with van der Waals surface area (Å²) in [5.74, 6) is 0.521.